The van der Waals surface area contributed by atoms with Crippen molar-refractivity contribution in [1.82, 2.24) is 0 Å². The lowest BCUT2D eigenvalue weighted by Gasteiger charge is -2.18. The fourth-order valence-electron chi connectivity index (χ4n) is 2.91. The molecule has 4 rings (SSSR count). The third-order valence-corrected chi connectivity index (χ3v) is 4.03. The van der Waals surface area contributed by atoms with Gasteiger partial charge in [0.25, 0.3) is 0 Å². The van der Waals surface area contributed by atoms with Crippen molar-refractivity contribution in [1.29, 1.82) is 0 Å². The van der Waals surface area contributed by atoms with Crippen LogP contribution in [0.3, 0.4) is 0 Å². The normalized spacial score (nSPS) is 12.8. The molecule has 0 saturated heterocycles. The van der Waals surface area contributed by atoms with E-state index in [1.54, 1.807) is 0 Å². The van der Waals surface area contributed by atoms with Crippen LogP contribution in [0.25, 0.3) is 10.8 Å². The smallest absolute Gasteiger partial charge is 0.228 e. The van der Waals surface area contributed by atoms with E-state index in [1.807, 2.05) is 60.7 Å². The van der Waals surface area contributed by atoms with Crippen molar-refractivity contribution in [3.8, 4) is 11.5 Å². The molecule has 0 fully saturated rings. The minimum Gasteiger partial charge on any atom is -0.486 e. The summed E-state index contributed by atoms with van der Waals surface area (Å²) in [6, 6.07) is 19.5. The molecule has 0 atom stereocenters. The molecule has 0 spiro atoms. The lowest BCUT2D eigenvalue weighted by atomic mass is 10.1. The van der Waals surface area contributed by atoms with E-state index < -0.39 is 0 Å². The first-order valence-corrected chi connectivity index (χ1v) is 7.96. The molecule has 4 heteroatoms. The first kappa shape index (κ1) is 14.6. The Labute approximate surface area is 140 Å². The fraction of sp³-hybridized carbons (Fsp3) is 0.150. The molecule has 24 heavy (non-hydrogen) atoms. The predicted octanol–water partition coefficient (Wildman–Crippen LogP) is 3.79. The maximum absolute atomic E-state index is 12.4. The van der Waals surface area contributed by atoms with Crippen molar-refractivity contribution in [3.05, 3.63) is 66.2 Å². The van der Waals surface area contributed by atoms with E-state index in [0.717, 1.165) is 27.8 Å². The molecular weight excluding hydrogens is 302 g/mol. The highest BCUT2D eigenvalue weighted by Gasteiger charge is 2.13. The van der Waals surface area contributed by atoms with E-state index in [4.69, 9.17) is 9.47 Å². The zero-order valence-corrected chi connectivity index (χ0v) is 13.1. The molecule has 3 aromatic rings. The Bertz CT molecular complexity index is 899. The first-order chi connectivity index (χ1) is 11.8. The van der Waals surface area contributed by atoms with Crippen LogP contribution < -0.4 is 14.8 Å². The monoisotopic (exact) mass is 319 g/mol. The Morgan fingerprint density at radius 1 is 0.917 bits per heavy atom. The number of benzene rings is 3. The fourth-order valence-corrected chi connectivity index (χ4v) is 2.91. The van der Waals surface area contributed by atoms with Gasteiger partial charge in [-0.2, -0.15) is 0 Å². The predicted molar refractivity (Wildman–Crippen MR) is 93.7 cm³/mol. The molecule has 1 N–H and O–H groups in total. The summed E-state index contributed by atoms with van der Waals surface area (Å²) in [5, 5.41) is 5.15. The SMILES string of the molecule is O=C(Cc1ccc2c(c1)OCCO2)Nc1cccc2ccccc12. The van der Waals surface area contributed by atoms with Crippen molar-refractivity contribution in [3.63, 3.8) is 0 Å². The van der Waals surface area contributed by atoms with Gasteiger partial charge in [-0.15, -0.1) is 0 Å². The van der Waals surface area contributed by atoms with Crippen molar-refractivity contribution in [2.24, 2.45) is 0 Å². The summed E-state index contributed by atoms with van der Waals surface area (Å²) in [6.07, 6.45) is 0.292. The van der Waals surface area contributed by atoms with Gasteiger partial charge >= 0.3 is 0 Å². The Hall–Kier alpha value is -3.01. The number of hydrogen-bond donors (Lipinski definition) is 1. The van der Waals surface area contributed by atoms with E-state index >= 15 is 0 Å². The number of amides is 1. The van der Waals surface area contributed by atoms with Gasteiger partial charge in [0, 0.05) is 11.1 Å². The molecule has 120 valence electrons. The first-order valence-electron chi connectivity index (χ1n) is 7.96. The van der Waals surface area contributed by atoms with Gasteiger partial charge < -0.3 is 14.8 Å². The highest BCUT2D eigenvalue weighted by Crippen LogP contribution is 2.31. The summed E-state index contributed by atoms with van der Waals surface area (Å²) in [7, 11) is 0. The number of nitrogens with one attached hydrogen (secondary N) is 1. The van der Waals surface area contributed by atoms with E-state index in [1.165, 1.54) is 0 Å². The van der Waals surface area contributed by atoms with Crippen LogP contribution in [0.15, 0.2) is 60.7 Å². The molecule has 0 aliphatic carbocycles. The van der Waals surface area contributed by atoms with Crippen LogP contribution in [-0.4, -0.2) is 19.1 Å². The summed E-state index contributed by atoms with van der Waals surface area (Å²) in [5.41, 5.74) is 1.73. The number of anilines is 1. The van der Waals surface area contributed by atoms with Crippen molar-refractivity contribution >= 4 is 22.4 Å². The Morgan fingerprint density at radius 2 is 1.71 bits per heavy atom. The molecule has 0 unspecified atom stereocenters. The lowest BCUT2D eigenvalue weighted by molar-refractivity contribution is -0.115. The molecule has 0 saturated carbocycles. The third kappa shape index (κ3) is 2.91. The number of hydrogen-bond acceptors (Lipinski definition) is 3. The average molecular weight is 319 g/mol. The van der Waals surface area contributed by atoms with Crippen LogP contribution in [0.1, 0.15) is 5.56 Å². The van der Waals surface area contributed by atoms with Gasteiger partial charge in [0.2, 0.25) is 5.91 Å². The number of rotatable bonds is 3. The second kappa shape index (κ2) is 6.24. The van der Waals surface area contributed by atoms with Crippen LogP contribution in [0.5, 0.6) is 11.5 Å². The largest absolute Gasteiger partial charge is 0.486 e. The zero-order valence-electron chi connectivity index (χ0n) is 13.1. The van der Waals surface area contributed by atoms with E-state index in [2.05, 4.69) is 5.32 Å². The number of carbonyl (C=O) groups excluding carboxylic acids is 1. The molecule has 0 bridgehead atoms. The summed E-state index contributed by atoms with van der Waals surface area (Å²) in [4.78, 5) is 12.4. The molecule has 0 radical (unpaired) electrons. The lowest BCUT2D eigenvalue weighted by Crippen LogP contribution is -2.17. The number of carbonyl (C=O) groups is 1. The summed E-state index contributed by atoms with van der Waals surface area (Å²) >= 11 is 0. The van der Waals surface area contributed by atoms with Crippen molar-refractivity contribution in [2.75, 3.05) is 18.5 Å². The standard InChI is InChI=1S/C20H17NO3/c22-20(13-14-8-9-18-19(12-14)24-11-10-23-18)21-17-7-3-5-15-4-1-2-6-16(15)17/h1-9,12H,10-11,13H2,(H,21,22). The topological polar surface area (TPSA) is 47.6 Å². The van der Waals surface area contributed by atoms with Gasteiger partial charge in [-0.1, -0.05) is 42.5 Å². The minimum absolute atomic E-state index is 0.0527. The quantitative estimate of drug-likeness (QED) is 0.799. The van der Waals surface area contributed by atoms with Crippen LogP contribution in [-0.2, 0) is 11.2 Å². The van der Waals surface area contributed by atoms with E-state index in [0.29, 0.717) is 25.4 Å². The Kier molecular flexibility index (Phi) is 3.79. The number of fused-ring (bicyclic) bond motifs is 2. The van der Waals surface area contributed by atoms with E-state index in [9.17, 15) is 4.79 Å². The van der Waals surface area contributed by atoms with Gasteiger partial charge in [-0.05, 0) is 29.1 Å². The molecule has 4 nitrogen and oxygen atoms in total. The maximum atomic E-state index is 12.4. The molecule has 1 aliphatic rings. The average Bonchev–Trinajstić information content (AvgIpc) is 2.62. The van der Waals surface area contributed by atoms with Crippen LogP contribution >= 0.6 is 0 Å². The van der Waals surface area contributed by atoms with Crippen LogP contribution in [0, 0.1) is 0 Å². The second-order valence-electron chi connectivity index (χ2n) is 5.73. The summed E-state index contributed by atoms with van der Waals surface area (Å²) < 4.78 is 11.1. The number of ether oxygens (including phenoxy) is 2. The van der Waals surface area contributed by atoms with Gasteiger partial charge in [-0.3, -0.25) is 4.79 Å². The van der Waals surface area contributed by atoms with Gasteiger partial charge in [-0.25, -0.2) is 0 Å². The molecule has 1 heterocycles. The third-order valence-electron chi connectivity index (χ3n) is 4.03. The van der Waals surface area contributed by atoms with Crippen molar-refractivity contribution in [2.45, 2.75) is 6.42 Å². The highest BCUT2D eigenvalue weighted by molar-refractivity contribution is 6.02. The van der Waals surface area contributed by atoms with Gasteiger partial charge in [0.05, 0.1) is 6.42 Å². The van der Waals surface area contributed by atoms with Crippen LogP contribution in [0.2, 0.25) is 0 Å². The molecule has 1 amide bonds. The highest BCUT2D eigenvalue weighted by atomic mass is 16.6. The van der Waals surface area contributed by atoms with Crippen molar-refractivity contribution < 1.29 is 14.3 Å². The van der Waals surface area contributed by atoms with Gasteiger partial charge in [0.1, 0.15) is 13.2 Å². The summed E-state index contributed by atoms with van der Waals surface area (Å²) in [6.45, 7) is 1.10. The second-order valence-corrected chi connectivity index (χ2v) is 5.73. The molecule has 3 aromatic carbocycles. The van der Waals surface area contributed by atoms with E-state index in [-0.39, 0.29) is 5.91 Å². The summed E-state index contributed by atoms with van der Waals surface area (Å²) in [5.74, 6) is 1.39. The molecule has 0 aromatic heterocycles. The maximum Gasteiger partial charge on any atom is 0.228 e. The Morgan fingerprint density at radius 3 is 2.62 bits per heavy atom. The van der Waals surface area contributed by atoms with Gasteiger partial charge in [0.15, 0.2) is 11.5 Å². The Balaban J connectivity index is 1.52. The minimum atomic E-state index is -0.0527. The zero-order chi connectivity index (χ0) is 16.4. The van der Waals surface area contributed by atoms with Crippen LogP contribution in [0.4, 0.5) is 5.69 Å². The molecule has 1 aliphatic heterocycles. The molecular formula is C20H17NO3.